The van der Waals surface area contributed by atoms with E-state index in [9.17, 15) is 4.39 Å². The van der Waals surface area contributed by atoms with Gasteiger partial charge in [0.25, 0.3) is 0 Å². The van der Waals surface area contributed by atoms with Crippen molar-refractivity contribution in [2.24, 2.45) is 4.99 Å². The maximum absolute atomic E-state index is 12.9. The second-order valence-corrected chi connectivity index (χ2v) is 8.01. The number of hydrogen-bond donors (Lipinski definition) is 1. The van der Waals surface area contributed by atoms with E-state index in [1.165, 1.54) is 12.1 Å². The molecule has 0 fully saturated rings. The molecule has 1 heterocycles. The molecular weight excluding hydrogens is 510 g/mol. The molecule has 0 radical (unpaired) electrons. The van der Waals surface area contributed by atoms with Crippen molar-refractivity contribution in [2.45, 2.75) is 31.4 Å². The van der Waals surface area contributed by atoms with E-state index in [4.69, 9.17) is 4.74 Å². The van der Waals surface area contributed by atoms with Crippen LogP contribution in [0.1, 0.15) is 30.7 Å². The molecule has 0 aliphatic heterocycles. The van der Waals surface area contributed by atoms with E-state index in [2.05, 4.69) is 32.5 Å². The van der Waals surface area contributed by atoms with Crippen LogP contribution in [0.15, 0.2) is 39.5 Å². The lowest BCUT2D eigenvalue weighted by Gasteiger charge is -2.21. The van der Waals surface area contributed by atoms with Crippen molar-refractivity contribution < 1.29 is 9.13 Å². The summed E-state index contributed by atoms with van der Waals surface area (Å²) in [4.78, 5) is 12.4. The Morgan fingerprint density at radius 2 is 2.11 bits per heavy atom. The highest BCUT2D eigenvalue weighted by Gasteiger charge is 2.12. The predicted octanol–water partition coefficient (Wildman–Crippen LogP) is 4.80. The van der Waals surface area contributed by atoms with Gasteiger partial charge in [0.2, 0.25) is 0 Å². The SMILES string of the molecule is CCNC(=NCCSc1ccc(F)cc1)N(C)Cc1csc(C(C)OC)n1.I. The van der Waals surface area contributed by atoms with Crippen molar-refractivity contribution in [1.29, 1.82) is 0 Å². The summed E-state index contributed by atoms with van der Waals surface area (Å²) in [5.41, 5.74) is 1.01. The fraction of sp³-hybridized carbons (Fsp3) is 0.474. The first-order valence-electron chi connectivity index (χ1n) is 8.88. The van der Waals surface area contributed by atoms with Crippen molar-refractivity contribution in [3.63, 3.8) is 0 Å². The zero-order valence-electron chi connectivity index (χ0n) is 16.6. The van der Waals surface area contributed by atoms with Gasteiger partial charge in [0.05, 0.1) is 18.8 Å². The summed E-state index contributed by atoms with van der Waals surface area (Å²) in [6.45, 7) is 6.22. The summed E-state index contributed by atoms with van der Waals surface area (Å²) < 4.78 is 18.3. The Kier molecular flexibility index (Phi) is 12.0. The van der Waals surface area contributed by atoms with Crippen LogP contribution in [0.25, 0.3) is 0 Å². The van der Waals surface area contributed by atoms with Gasteiger partial charge in [-0.25, -0.2) is 9.37 Å². The average molecular weight is 538 g/mol. The largest absolute Gasteiger partial charge is 0.375 e. The van der Waals surface area contributed by atoms with Gasteiger partial charge in [0, 0.05) is 36.7 Å². The molecule has 2 rings (SSSR count). The van der Waals surface area contributed by atoms with Crippen molar-refractivity contribution in [3.8, 4) is 0 Å². The number of aromatic nitrogens is 1. The summed E-state index contributed by atoms with van der Waals surface area (Å²) in [7, 11) is 3.70. The number of nitrogens with one attached hydrogen (secondary N) is 1. The molecule has 0 spiro atoms. The first-order chi connectivity index (χ1) is 13.0. The Morgan fingerprint density at radius 1 is 1.39 bits per heavy atom. The van der Waals surface area contributed by atoms with E-state index >= 15 is 0 Å². The molecule has 0 saturated carbocycles. The van der Waals surface area contributed by atoms with Crippen molar-refractivity contribution in [2.75, 3.05) is 33.0 Å². The number of thiazole rings is 1. The third-order valence-corrected chi connectivity index (χ3v) is 5.85. The molecule has 0 aliphatic carbocycles. The molecule has 156 valence electrons. The first kappa shape index (κ1) is 25.1. The first-order valence-corrected chi connectivity index (χ1v) is 10.7. The Hall–Kier alpha value is -0.910. The maximum atomic E-state index is 12.9. The molecule has 1 aromatic carbocycles. The van der Waals surface area contributed by atoms with Gasteiger partial charge in [-0.15, -0.1) is 47.1 Å². The Balaban J connectivity index is 0.00000392. The molecule has 1 unspecified atom stereocenters. The van der Waals surface area contributed by atoms with Crippen LogP contribution < -0.4 is 5.32 Å². The highest BCUT2D eigenvalue weighted by atomic mass is 127. The van der Waals surface area contributed by atoms with Gasteiger partial charge in [-0.2, -0.15) is 0 Å². The zero-order valence-corrected chi connectivity index (χ0v) is 20.6. The van der Waals surface area contributed by atoms with Crippen LogP contribution >= 0.6 is 47.1 Å². The Labute approximate surface area is 192 Å². The van der Waals surface area contributed by atoms with E-state index in [0.29, 0.717) is 13.1 Å². The van der Waals surface area contributed by atoms with Crippen LogP contribution in [0.4, 0.5) is 4.39 Å². The standard InChI is InChI=1S/C19H27FN4OS2.HI/c1-5-21-19(22-10-11-26-17-8-6-15(20)7-9-17)24(3)12-16-13-27-18(23-16)14(2)25-4;/h6-9,13-14H,5,10-12H2,1-4H3,(H,21,22);1H. The van der Waals surface area contributed by atoms with E-state index < -0.39 is 0 Å². The number of ether oxygens (including phenoxy) is 1. The minimum atomic E-state index is -0.210. The average Bonchev–Trinajstić information content (AvgIpc) is 3.13. The number of nitrogens with zero attached hydrogens (tertiary/aromatic N) is 3. The highest BCUT2D eigenvalue weighted by molar-refractivity contribution is 14.0. The van der Waals surface area contributed by atoms with Crippen molar-refractivity contribution in [3.05, 3.63) is 46.2 Å². The third kappa shape index (κ3) is 8.22. The van der Waals surface area contributed by atoms with E-state index in [0.717, 1.165) is 33.9 Å². The summed E-state index contributed by atoms with van der Waals surface area (Å²) in [5, 5.41) is 6.37. The molecule has 0 bridgehead atoms. The lowest BCUT2D eigenvalue weighted by Crippen LogP contribution is -2.38. The number of aliphatic imine (C=N–C) groups is 1. The van der Waals surface area contributed by atoms with Crippen LogP contribution in [-0.4, -0.2) is 48.8 Å². The minimum Gasteiger partial charge on any atom is -0.375 e. The molecule has 2 aromatic rings. The van der Waals surface area contributed by atoms with E-state index in [1.807, 2.05) is 14.0 Å². The topological polar surface area (TPSA) is 49.8 Å². The van der Waals surface area contributed by atoms with Gasteiger partial charge in [-0.05, 0) is 38.1 Å². The van der Waals surface area contributed by atoms with Crippen LogP contribution in [0.3, 0.4) is 0 Å². The summed E-state index contributed by atoms with van der Waals surface area (Å²) in [6.07, 6.45) is 0.0134. The normalized spacial score (nSPS) is 12.4. The molecule has 0 amide bonds. The lowest BCUT2D eigenvalue weighted by atomic mass is 10.4. The quantitative estimate of drug-likeness (QED) is 0.164. The molecule has 1 atom stereocenters. The van der Waals surface area contributed by atoms with Gasteiger partial charge in [0.1, 0.15) is 16.9 Å². The molecule has 0 saturated heterocycles. The molecule has 28 heavy (non-hydrogen) atoms. The van der Waals surface area contributed by atoms with Crippen LogP contribution in [0, 0.1) is 5.82 Å². The lowest BCUT2D eigenvalue weighted by molar-refractivity contribution is 0.119. The third-order valence-electron chi connectivity index (χ3n) is 3.80. The van der Waals surface area contributed by atoms with Crippen molar-refractivity contribution >= 4 is 53.0 Å². The molecule has 1 aromatic heterocycles. The summed E-state index contributed by atoms with van der Waals surface area (Å²) >= 11 is 3.29. The van der Waals surface area contributed by atoms with Crippen LogP contribution in [0.2, 0.25) is 0 Å². The summed E-state index contributed by atoms with van der Waals surface area (Å²) in [6, 6.07) is 6.55. The van der Waals surface area contributed by atoms with E-state index in [-0.39, 0.29) is 35.9 Å². The second-order valence-electron chi connectivity index (χ2n) is 5.95. The minimum absolute atomic E-state index is 0. The smallest absolute Gasteiger partial charge is 0.194 e. The number of rotatable bonds is 9. The van der Waals surface area contributed by atoms with Crippen molar-refractivity contribution in [1.82, 2.24) is 15.2 Å². The molecule has 5 nitrogen and oxygen atoms in total. The van der Waals surface area contributed by atoms with Gasteiger partial charge < -0.3 is 15.0 Å². The van der Waals surface area contributed by atoms with Crippen LogP contribution in [0.5, 0.6) is 0 Å². The Morgan fingerprint density at radius 3 is 2.75 bits per heavy atom. The number of thioether (sulfide) groups is 1. The van der Waals surface area contributed by atoms with Gasteiger partial charge in [0.15, 0.2) is 5.96 Å². The Bertz CT molecular complexity index is 727. The van der Waals surface area contributed by atoms with Gasteiger partial charge in [-0.3, -0.25) is 4.99 Å². The molecule has 9 heteroatoms. The monoisotopic (exact) mass is 538 g/mol. The van der Waals surface area contributed by atoms with E-state index in [1.54, 1.807) is 42.3 Å². The number of hydrogen-bond acceptors (Lipinski definition) is 5. The highest BCUT2D eigenvalue weighted by Crippen LogP contribution is 2.21. The summed E-state index contributed by atoms with van der Waals surface area (Å²) in [5.74, 6) is 1.48. The molecular formula is C19H28FIN4OS2. The van der Waals surface area contributed by atoms with Gasteiger partial charge >= 0.3 is 0 Å². The predicted molar refractivity (Wildman–Crippen MR) is 128 cm³/mol. The number of benzene rings is 1. The number of halogens is 2. The zero-order chi connectivity index (χ0) is 19.6. The molecule has 0 aliphatic rings. The number of methoxy groups -OCH3 is 1. The fourth-order valence-corrected chi connectivity index (χ4v) is 3.90. The van der Waals surface area contributed by atoms with Crippen LogP contribution in [-0.2, 0) is 11.3 Å². The molecule has 1 N–H and O–H groups in total. The maximum Gasteiger partial charge on any atom is 0.194 e. The fourth-order valence-electron chi connectivity index (χ4n) is 2.32. The van der Waals surface area contributed by atoms with Gasteiger partial charge in [-0.1, -0.05) is 0 Å². The second kappa shape index (κ2) is 13.3. The number of guanidine groups is 1.